The Morgan fingerprint density at radius 2 is 1.81 bits per heavy atom. The topological polar surface area (TPSA) is 90.5 Å². The zero-order valence-electron chi connectivity index (χ0n) is 15.7. The minimum atomic E-state index is -0.469. The van der Waals surface area contributed by atoms with Gasteiger partial charge in [-0.1, -0.05) is 26.0 Å². The van der Waals surface area contributed by atoms with Crippen LogP contribution in [-0.4, -0.2) is 48.9 Å². The van der Waals surface area contributed by atoms with E-state index in [0.717, 1.165) is 18.4 Å². The van der Waals surface area contributed by atoms with Crippen LogP contribution in [0.15, 0.2) is 24.3 Å². The number of hydrogen-bond donors (Lipinski definition) is 3. The van der Waals surface area contributed by atoms with Crippen molar-refractivity contribution in [1.82, 2.24) is 20.9 Å². The number of nitrogens with zero attached hydrogens (tertiary/aromatic N) is 1. The molecule has 7 nitrogen and oxygen atoms in total. The summed E-state index contributed by atoms with van der Waals surface area (Å²) >= 11 is 0. The first-order valence-corrected chi connectivity index (χ1v) is 8.99. The van der Waals surface area contributed by atoms with Crippen LogP contribution in [0.25, 0.3) is 0 Å². The van der Waals surface area contributed by atoms with E-state index in [1.807, 2.05) is 30.9 Å². The summed E-state index contributed by atoms with van der Waals surface area (Å²) in [7, 11) is 1.80. The molecule has 0 radical (unpaired) electrons. The third-order valence-corrected chi connectivity index (χ3v) is 3.92. The van der Waals surface area contributed by atoms with E-state index in [2.05, 4.69) is 16.0 Å². The van der Waals surface area contributed by atoms with Crippen molar-refractivity contribution in [3.63, 3.8) is 0 Å². The lowest BCUT2D eigenvalue weighted by atomic mass is 10.1. The number of likely N-dealkylation sites (N-methyl/N-ethyl adjacent to an activating group) is 1. The molecule has 2 rings (SSSR count). The zero-order chi connectivity index (χ0) is 19.1. The molecule has 0 atom stereocenters. The van der Waals surface area contributed by atoms with Gasteiger partial charge in [0.25, 0.3) is 5.91 Å². The first-order chi connectivity index (χ1) is 12.3. The molecule has 0 bridgehead atoms. The summed E-state index contributed by atoms with van der Waals surface area (Å²) < 4.78 is 0. The number of hydrogen-bond acceptors (Lipinski definition) is 4. The minimum Gasteiger partial charge on any atom is -0.349 e. The van der Waals surface area contributed by atoms with Gasteiger partial charge in [0.1, 0.15) is 0 Å². The fraction of sp³-hybridized carbons (Fsp3) is 0.526. The van der Waals surface area contributed by atoms with Gasteiger partial charge in [0, 0.05) is 24.7 Å². The fourth-order valence-corrected chi connectivity index (χ4v) is 2.38. The van der Waals surface area contributed by atoms with Crippen molar-refractivity contribution in [2.24, 2.45) is 5.92 Å². The molecule has 1 aromatic rings. The van der Waals surface area contributed by atoms with Crippen LogP contribution in [0.2, 0.25) is 0 Å². The summed E-state index contributed by atoms with van der Waals surface area (Å²) in [5.41, 5.74) is 1.63. The first kappa shape index (κ1) is 19.9. The molecule has 142 valence electrons. The molecule has 3 N–H and O–H groups in total. The number of rotatable bonds is 8. The van der Waals surface area contributed by atoms with Crippen molar-refractivity contribution >= 4 is 17.8 Å². The van der Waals surface area contributed by atoms with Crippen molar-refractivity contribution in [1.29, 1.82) is 0 Å². The van der Waals surface area contributed by atoms with E-state index in [4.69, 9.17) is 0 Å². The summed E-state index contributed by atoms with van der Waals surface area (Å²) in [5.74, 6) is -0.0683. The third kappa shape index (κ3) is 7.23. The molecular formula is C19H28N4O3. The van der Waals surface area contributed by atoms with Crippen molar-refractivity contribution in [2.75, 3.05) is 20.1 Å². The smallest absolute Gasteiger partial charge is 0.321 e. The fourth-order valence-electron chi connectivity index (χ4n) is 2.38. The Hall–Kier alpha value is -2.41. The number of carbonyl (C=O) groups excluding carboxylic acids is 3. The number of amides is 4. The average molecular weight is 360 g/mol. The largest absolute Gasteiger partial charge is 0.349 e. The van der Waals surface area contributed by atoms with Gasteiger partial charge in [0.2, 0.25) is 5.91 Å². The predicted molar refractivity (Wildman–Crippen MR) is 99.6 cm³/mol. The van der Waals surface area contributed by atoms with Crippen LogP contribution in [0.3, 0.4) is 0 Å². The minimum absolute atomic E-state index is 0.0424. The van der Waals surface area contributed by atoms with E-state index >= 15 is 0 Å². The van der Waals surface area contributed by atoms with Gasteiger partial charge in [0.05, 0.1) is 6.54 Å². The Morgan fingerprint density at radius 1 is 1.15 bits per heavy atom. The van der Waals surface area contributed by atoms with Crippen LogP contribution < -0.4 is 16.0 Å². The van der Waals surface area contributed by atoms with E-state index in [9.17, 15) is 14.4 Å². The maximum Gasteiger partial charge on any atom is 0.321 e. The Kier molecular flexibility index (Phi) is 7.15. The highest BCUT2D eigenvalue weighted by Gasteiger charge is 2.23. The van der Waals surface area contributed by atoms with Crippen LogP contribution in [-0.2, 0) is 11.3 Å². The van der Waals surface area contributed by atoms with E-state index in [-0.39, 0.29) is 18.4 Å². The van der Waals surface area contributed by atoms with Gasteiger partial charge in [-0.2, -0.15) is 0 Å². The number of nitrogens with one attached hydrogen (secondary N) is 3. The van der Waals surface area contributed by atoms with Gasteiger partial charge in [-0.25, -0.2) is 4.79 Å². The molecule has 1 saturated carbocycles. The van der Waals surface area contributed by atoms with Gasteiger partial charge in [-0.05, 0) is 43.5 Å². The maximum atomic E-state index is 12.0. The van der Waals surface area contributed by atoms with Crippen LogP contribution in [0.5, 0.6) is 0 Å². The molecule has 0 saturated heterocycles. The number of urea groups is 1. The normalized spacial score (nSPS) is 13.6. The molecule has 1 fully saturated rings. The highest BCUT2D eigenvalue weighted by Crippen LogP contribution is 2.19. The maximum absolute atomic E-state index is 12.0. The van der Waals surface area contributed by atoms with Crippen LogP contribution in [0.1, 0.15) is 42.6 Å². The predicted octanol–water partition coefficient (Wildman–Crippen LogP) is 1.49. The quantitative estimate of drug-likeness (QED) is 0.655. The van der Waals surface area contributed by atoms with Crippen LogP contribution >= 0.6 is 0 Å². The molecular weight excluding hydrogens is 332 g/mol. The molecule has 1 aromatic carbocycles. The third-order valence-electron chi connectivity index (χ3n) is 3.92. The second-order valence-corrected chi connectivity index (χ2v) is 7.27. The Morgan fingerprint density at radius 3 is 2.38 bits per heavy atom. The monoisotopic (exact) mass is 360 g/mol. The molecule has 0 aliphatic heterocycles. The van der Waals surface area contributed by atoms with E-state index in [1.54, 1.807) is 19.2 Å². The van der Waals surface area contributed by atoms with Gasteiger partial charge in [-0.15, -0.1) is 0 Å². The summed E-state index contributed by atoms with van der Waals surface area (Å²) in [6.07, 6.45) is 2.12. The molecule has 0 heterocycles. The Labute approximate surface area is 154 Å². The summed E-state index contributed by atoms with van der Waals surface area (Å²) in [4.78, 5) is 37.2. The van der Waals surface area contributed by atoms with Crippen LogP contribution in [0.4, 0.5) is 4.79 Å². The highest BCUT2D eigenvalue weighted by atomic mass is 16.2. The van der Waals surface area contributed by atoms with Crippen molar-refractivity contribution < 1.29 is 14.4 Å². The van der Waals surface area contributed by atoms with E-state index in [1.165, 1.54) is 0 Å². The SMILES string of the molecule is CC(C)CNC(=O)NC(=O)CN(C)Cc1ccc(C(=O)NC2CC2)cc1. The Balaban J connectivity index is 1.74. The molecule has 26 heavy (non-hydrogen) atoms. The summed E-state index contributed by atoms with van der Waals surface area (Å²) in [5, 5.41) is 7.91. The molecule has 0 unspecified atom stereocenters. The molecule has 1 aliphatic carbocycles. The second-order valence-electron chi connectivity index (χ2n) is 7.27. The lowest BCUT2D eigenvalue weighted by Crippen LogP contribution is -2.44. The number of imide groups is 1. The number of benzene rings is 1. The molecule has 0 spiro atoms. The van der Waals surface area contributed by atoms with Crippen molar-refractivity contribution in [3.05, 3.63) is 35.4 Å². The van der Waals surface area contributed by atoms with Gasteiger partial charge < -0.3 is 10.6 Å². The van der Waals surface area contributed by atoms with Gasteiger partial charge in [-0.3, -0.25) is 19.8 Å². The molecule has 4 amide bonds. The first-order valence-electron chi connectivity index (χ1n) is 8.99. The zero-order valence-corrected chi connectivity index (χ0v) is 15.7. The van der Waals surface area contributed by atoms with Crippen molar-refractivity contribution in [3.8, 4) is 0 Å². The molecule has 1 aliphatic rings. The summed E-state index contributed by atoms with van der Waals surface area (Å²) in [6, 6.07) is 7.21. The average Bonchev–Trinajstić information content (AvgIpc) is 3.37. The molecule has 7 heteroatoms. The van der Waals surface area contributed by atoms with E-state index in [0.29, 0.717) is 30.6 Å². The number of carbonyl (C=O) groups is 3. The molecule has 0 aromatic heterocycles. The van der Waals surface area contributed by atoms with E-state index < -0.39 is 6.03 Å². The van der Waals surface area contributed by atoms with Gasteiger partial charge in [0.15, 0.2) is 0 Å². The lowest BCUT2D eigenvalue weighted by molar-refractivity contribution is -0.120. The van der Waals surface area contributed by atoms with Crippen LogP contribution in [0, 0.1) is 5.92 Å². The summed E-state index contributed by atoms with van der Waals surface area (Å²) in [6.45, 7) is 5.15. The highest BCUT2D eigenvalue weighted by molar-refractivity contribution is 5.95. The van der Waals surface area contributed by atoms with Crippen molar-refractivity contribution in [2.45, 2.75) is 39.3 Å². The lowest BCUT2D eigenvalue weighted by Gasteiger charge is -2.16. The standard InChI is InChI=1S/C19H28N4O3/c1-13(2)10-20-19(26)22-17(24)12-23(3)11-14-4-6-15(7-5-14)18(25)21-16-8-9-16/h4-7,13,16H,8-12H2,1-3H3,(H,21,25)(H2,20,22,24,26). The second kappa shape index (κ2) is 9.33. The Bertz CT molecular complexity index is 639. The van der Waals surface area contributed by atoms with Gasteiger partial charge >= 0.3 is 6.03 Å².